The Morgan fingerprint density at radius 2 is 1.81 bits per heavy atom. The molecule has 2 aromatic carbocycles. The lowest BCUT2D eigenvalue weighted by atomic mass is 10.1. The van der Waals surface area contributed by atoms with Crippen molar-refractivity contribution in [3.63, 3.8) is 0 Å². The average molecular weight is 386 g/mol. The van der Waals surface area contributed by atoms with E-state index < -0.39 is 0 Å². The molecular formula is C20H22N2O4S. The second-order valence-corrected chi connectivity index (χ2v) is 7.26. The summed E-state index contributed by atoms with van der Waals surface area (Å²) in [6.45, 7) is 2.43. The van der Waals surface area contributed by atoms with Crippen molar-refractivity contribution in [2.45, 2.75) is 18.4 Å². The maximum atomic E-state index is 12.4. The van der Waals surface area contributed by atoms with Crippen LogP contribution in [0.1, 0.15) is 22.8 Å². The van der Waals surface area contributed by atoms with Gasteiger partial charge >= 0.3 is 0 Å². The second-order valence-electron chi connectivity index (χ2n) is 6.38. The minimum atomic E-state index is -0.195. The number of anilines is 1. The highest BCUT2D eigenvalue weighted by molar-refractivity contribution is 7.98. The Kier molecular flexibility index (Phi) is 6.03. The van der Waals surface area contributed by atoms with Crippen molar-refractivity contribution in [2.24, 2.45) is 0 Å². The Bertz CT molecular complexity index is 852. The highest BCUT2D eigenvalue weighted by atomic mass is 32.2. The van der Waals surface area contributed by atoms with E-state index in [1.807, 2.05) is 18.2 Å². The van der Waals surface area contributed by atoms with Crippen LogP contribution in [0.15, 0.2) is 41.3 Å². The van der Waals surface area contributed by atoms with Gasteiger partial charge in [-0.2, -0.15) is 0 Å². The van der Waals surface area contributed by atoms with E-state index in [0.717, 1.165) is 5.56 Å². The van der Waals surface area contributed by atoms with E-state index in [9.17, 15) is 9.59 Å². The van der Waals surface area contributed by atoms with Gasteiger partial charge in [-0.1, -0.05) is 12.1 Å². The van der Waals surface area contributed by atoms with Crippen LogP contribution < -0.4 is 14.8 Å². The van der Waals surface area contributed by atoms with Gasteiger partial charge in [-0.25, -0.2) is 0 Å². The molecule has 0 spiro atoms. The summed E-state index contributed by atoms with van der Waals surface area (Å²) in [6.07, 6.45) is 2.04. The molecule has 0 bridgehead atoms. The van der Waals surface area contributed by atoms with E-state index in [1.54, 1.807) is 23.9 Å². The highest BCUT2D eigenvalue weighted by Crippen LogP contribution is 2.37. The highest BCUT2D eigenvalue weighted by Gasteiger charge is 2.20. The molecule has 1 aliphatic heterocycles. The molecule has 0 atom stereocenters. The number of amides is 1. The first-order valence-corrected chi connectivity index (χ1v) is 9.74. The van der Waals surface area contributed by atoms with Crippen LogP contribution >= 0.6 is 11.8 Å². The zero-order valence-electron chi connectivity index (χ0n) is 15.6. The number of hydrogen-bond acceptors (Lipinski definition) is 6. The number of nitrogens with one attached hydrogen (secondary N) is 1. The minimum Gasteiger partial charge on any atom is -0.454 e. The number of Topliss-reactive ketones (excluding diaryl/α,β-unsaturated/α-hetero) is 1. The fraction of sp³-hybridized carbons (Fsp3) is 0.300. The molecule has 27 heavy (non-hydrogen) atoms. The molecule has 2 aromatic rings. The van der Waals surface area contributed by atoms with Gasteiger partial charge in [0.15, 0.2) is 17.3 Å². The summed E-state index contributed by atoms with van der Waals surface area (Å²) < 4.78 is 10.6. The quantitative estimate of drug-likeness (QED) is 0.581. The number of carbonyl (C=O) groups is 2. The van der Waals surface area contributed by atoms with Crippen LogP contribution in [0.5, 0.6) is 11.5 Å². The smallest absolute Gasteiger partial charge is 0.238 e. The molecule has 1 N–H and O–H groups in total. The third-order valence-corrected chi connectivity index (χ3v) is 4.93. The van der Waals surface area contributed by atoms with Gasteiger partial charge in [-0.15, -0.1) is 11.8 Å². The Labute approximate surface area is 162 Å². The summed E-state index contributed by atoms with van der Waals surface area (Å²) in [5, 5.41) is 2.82. The summed E-state index contributed by atoms with van der Waals surface area (Å²) in [7, 11) is 1.88. The topological polar surface area (TPSA) is 67.9 Å². The number of rotatable bonds is 7. The average Bonchev–Trinajstić information content (AvgIpc) is 3.08. The third-order valence-electron chi connectivity index (χ3n) is 4.19. The normalized spacial score (nSPS) is 12.3. The van der Waals surface area contributed by atoms with Crippen molar-refractivity contribution < 1.29 is 19.1 Å². The van der Waals surface area contributed by atoms with Crippen molar-refractivity contribution in [2.75, 3.05) is 32.0 Å². The van der Waals surface area contributed by atoms with Gasteiger partial charge in [-0.3, -0.25) is 14.5 Å². The van der Waals surface area contributed by atoms with Crippen LogP contribution in [0, 0.1) is 0 Å². The maximum Gasteiger partial charge on any atom is 0.238 e. The number of ether oxygens (including phenoxy) is 2. The van der Waals surface area contributed by atoms with E-state index in [1.165, 1.54) is 11.8 Å². The third kappa shape index (κ3) is 4.81. The summed E-state index contributed by atoms with van der Waals surface area (Å²) >= 11 is 1.70. The number of likely N-dealkylation sites (N-methyl/N-ethyl adjacent to an activating group) is 1. The predicted molar refractivity (Wildman–Crippen MR) is 106 cm³/mol. The van der Waals surface area contributed by atoms with Crippen LogP contribution in [0.3, 0.4) is 0 Å². The summed E-state index contributed by atoms with van der Waals surface area (Å²) in [5.41, 5.74) is 1.98. The number of fused-ring (bicyclic) bond motifs is 1. The number of carbonyl (C=O) groups excluding carboxylic acids is 2. The Hall–Kier alpha value is -2.51. The Balaban J connectivity index is 1.64. The van der Waals surface area contributed by atoms with Crippen LogP contribution in [-0.4, -0.2) is 43.2 Å². The van der Waals surface area contributed by atoms with Gasteiger partial charge in [0.25, 0.3) is 0 Å². The predicted octanol–water partition coefficient (Wildman–Crippen LogP) is 3.41. The standard InChI is InChI=1S/C20H22N2O4S/c1-13(23)16-8-18-19(26-12-25-18)9-17(16)21-20(24)11-22(2)10-14-4-6-15(27-3)7-5-14/h4-9H,10-12H2,1-3H3,(H,21,24). The van der Waals surface area contributed by atoms with Gasteiger partial charge in [0, 0.05) is 23.1 Å². The minimum absolute atomic E-state index is 0.113. The van der Waals surface area contributed by atoms with Crippen molar-refractivity contribution in [3.05, 3.63) is 47.5 Å². The molecule has 6 nitrogen and oxygen atoms in total. The van der Waals surface area contributed by atoms with Gasteiger partial charge in [-0.05, 0) is 44.0 Å². The molecule has 0 fully saturated rings. The molecular weight excluding hydrogens is 364 g/mol. The van der Waals surface area contributed by atoms with Gasteiger partial charge in [0.05, 0.1) is 12.2 Å². The molecule has 1 aliphatic rings. The summed E-state index contributed by atoms with van der Waals surface area (Å²) in [5.74, 6) is 0.701. The molecule has 1 heterocycles. The lowest BCUT2D eigenvalue weighted by molar-refractivity contribution is -0.117. The molecule has 0 aliphatic carbocycles. The van der Waals surface area contributed by atoms with Crippen LogP contribution in [0.25, 0.3) is 0 Å². The molecule has 0 unspecified atom stereocenters. The fourth-order valence-electron chi connectivity index (χ4n) is 2.87. The number of ketones is 1. The van der Waals surface area contributed by atoms with E-state index >= 15 is 0 Å². The van der Waals surface area contributed by atoms with E-state index in [0.29, 0.717) is 29.3 Å². The molecule has 0 aromatic heterocycles. The number of benzene rings is 2. The van der Waals surface area contributed by atoms with E-state index in [4.69, 9.17) is 9.47 Å². The van der Waals surface area contributed by atoms with Crippen LogP contribution in [0.4, 0.5) is 5.69 Å². The maximum absolute atomic E-state index is 12.4. The number of hydrogen-bond donors (Lipinski definition) is 1. The van der Waals surface area contributed by atoms with Crippen molar-refractivity contribution in [3.8, 4) is 11.5 Å². The molecule has 7 heteroatoms. The van der Waals surface area contributed by atoms with Crippen LogP contribution in [0.2, 0.25) is 0 Å². The molecule has 3 rings (SSSR count). The number of thioether (sulfide) groups is 1. The molecule has 1 amide bonds. The SMILES string of the molecule is CSc1ccc(CN(C)CC(=O)Nc2cc3c(cc2C(C)=O)OCO3)cc1. The lowest BCUT2D eigenvalue weighted by Gasteiger charge is -2.17. The van der Waals surface area contributed by atoms with Gasteiger partial charge in [0.2, 0.25) is 12.7 Å². The first-order valence-electron chi connectivity index (χ1n) is 8.52. The van der Waals surface area contributed by atoms with Crippen molar-refractivity contribution in [1.29, 1.82) is 0 Å². The second kappa shape index (κ2) is 8.45. The first kappa shape index (κ1) is 19.3. The summed E-state index contributed by atoms with van der Waals surface area (Å²) in [6, 6.07) is 11.5. The van der Waals surface area contributed by atoms with Crippen LogP contribution in [-0.2, 0) is 11.3 Å². The molecule has 0 radical (unpaired) electrons. The number of nitrogens with zero attached hydrogens (tertiary/aromatic N) is 1. The Morgan fingerprint density at radius 1 is 1.15 bits per heavy atom. The van der Waals surface area contributed by atoms with Gasteiger partial charge in [0.1, 0.15) is 0 Å². The lowest BCUT2D eigenvalue weighted by Crippen LogP contribution is -2.30. The summed E-state index contributed by atoms with van der Waals surface area (Å²) in [4.78, 5) is 27.5. The molecule has 142 valence electrons. The molecule has 0 saturated carbocycles. The van der Waals surface area contributed by atoms with E-state index in [-0.39, 0.29) is 25.0 Å². The largest absolute Gasteiger partial charge is 0.454 e. The first-order chi connectivity index (χ1) is 13.0. The zero-order chi connectivity index (χ0) is 19.4. The molecule has 0 saturated heterocycles. The monoisotopic (exact) mass is 386 g/mol. The fourth-order valence-corrected chi connectivity index (χ4v) is 3.28. The Morgan fingerprint density at radius 3 is 2.44 bits per heavy atom. The van der Waals surface area contributed by atoms with Crippen molar-refractivity contribution >= 4 is 29.1 Å². The van der Waals surface area contributed by atoms with Crippen molar-refractivity contribution in [1.82, 2.24) is 4.90 Å². The van der Waals surface area contributed by atoms with E-state index in [2.05, 4.69) is 29.6 Å². The zero-order valence-corrected chi connectivity index (χ0v) is 16.4. The van der Waals surface area contributed by atoms with Gasteiger partial charge < -0.3 is 14.8 Å².